The van der Waals surface area contributed by atoms with Crippen molar-refractivity contribution in [1.29, 1.82) is 0 Å². The van der Waals surface area contributed by atoms with Gasteiger partial charge < -0.3 is 10.4 Å². The Bertz CT molecular complexity index is 550. The summed E-state index contributed by atoms with van der Waals surface area (Å²) in [4.78, 5) is 11.1. The monoisotopic (exact) mass is 259 g/mol. The molecule has 0 fully saturated rings. The summed E-state index contributed by atoms with van der Waals surface area (Å²) in [5.74, 6) is -0.904. The van der Waals surface area contributed by atoms with Gasteiger partial charge in [-0.25, -0.2) is 4.79 Å². The lowest BCUT2D eigenvalue weighted by Crippen LogP contribution is -2.11. The molecule has 0 aliphatic rings. The van der Waals surface area contributed by atoms with Crippen molar-refractivity contribution in [2.75, 3.05) is 11.9 Å². The molecule has 1 aromatic heterocycles. The molecule has 0 atom stereocenters. The molecule has 100 valence electrons. The fraction of sp³-hybridized carbons (Fsp3) is 0.286. The number of nitrogens with zero attached hydrogens (tertiary/aromatic N) is 2. The van der Waals surface area contributed by atoms with E-state index in [2.05, 4.69) is 10.4 Å². The third-order valence-corrected chi connectivity index (χ3v) is 2.93. The Morgan fingerprint density at radius 2 is 2.26 bits per heavy atom. The van der Waals surface area contributed by atoms with Crippen LogP contribution in [-0.2, 0) is 6.54 Å². The summed E-state index contributed by atoms with van der Waals surface area (Å²) in [6.07, 6.45) is 4.54. The van der Waals surface area contributed by atoms with Crippen molar-refractivity contribution in [1.82, 2.24) is 9.78 Å². The van der Waals surface area contributed by atoms with Crippen molar-refractivity contribution in [3.8, 4) is 0 Å². The maximum atomic E-state index is 11.1. The fourth-order valence-electron chi connectivity index (χ4n) is 1.97. The van der Waals surface area contributed by atoms with Crippen molar-refractivity contribution >= 4 is 11.7 Å². The molecule has 0 unspecified atom stereocenters. The molecule has 5 nitrogen and oxygen atoms in total. The van der Waals surface area contributed by atoms with Gasteiger partial charge in [-0.05, 0) is 31.0 Å². The van der Waals surface area contributed by atoms with E-state index in [1.54, 1.807) is 18.3 Å². The summed E-state index contributed by atoms with van der Waals surface area (Å²) in [7, 11) is 0. The second-order valence-corrected chi connectivity index (χ2v) is 4.35. The minimum absolute atomic E-state index is 0.319. The van der Waals surface area contributed by atoms with Crippen LogP contribution in [-0.4, -0.2) is 27.4 Å². The Labute approximate surface area is 111 Å². The van der Waals surface area contributed by atoms with Crippen molar-refractivity contribution in [2.45, 2.75) is 19.9 Å². The van der Waals surface area contributed by atoms with Crippen LogP contribution in [0.1, 0.15) is 22.3 Å². The summed E-state index contributed by atoms with van der Waals surface area (Å²) in [6, 6.07) is 7.17. The number of aromatic carboxylic acids is 1. The highest BCUT2D eigenvalue weighted by Crippen LogP contribution is 2.20. The lowest BCUT2D eigenvalue weighted by molar-refractivity contribution is 0.0698. The number of para-hydroxylation sites is 1. The number of anilines is 1. The molecule has 1 aromatic carbocycles. The zero-order valence-electron chi connectivity index (χ0n) is 10.8. The lowest BCUT2D eigenvalue weighted by atomic mass is 10.1. The van der Waals surface area contributed by atoms with Gasteiger partial charge in [-0.3, -0.25) is 4.68 Å². The van der Waals surface area contributed by atoms with Crippen molar-refractivity contribution in [2.24, 2.45) is 0 Å². The van der Waals surface area contributed by atoms with Gasteiger partial charge in [0.2, 0.25) is 0 Å². The van der Waals surface area contributed by atoms with E-state index >= 15 is 0 Å². The van der Waals surface area contributed by atoms with E-state index in [1.807, 2.05) is 29.9 Å². The molecular weight excluding hydrogens is 242 g/mol. The summed E-state index contributed by atoms with van der Waals surface area (Å²) in [5.41, 5.74) is 1.97. The Hall–Kier alpha value is -2.30. The molecule has 0 aliphatic carbocycles. The van der Waals surface area contributed by atoms with Crippen LogP contribution in [0.3, 0.4) is 0 Å². The predicted octanol–water partition coefficient (Wildman–Crippen LogP) is 2.39. The van der Waals surface area contributed by atoms with Crippen LogP contribution >= 0.6 is 0 Å². The highest BCUT2D eigenvalue weighted by molar-refractivity contribution is 5.95. The van der Waals surface area contributed by atoms with E-state index in [-0.39, 0.29) is 0 Å². The summed E-state index contributed by atoms with van der Waals surface area (Å²) >= 11 is 0. The number of carbonyl (C=O) groups is 1. The minimum Gasteiger partial charge on any atom is -0.478 e. The molecule has 1 heterocycles. The van der Waals surface area contributed by atoms with Crippen molar-refractivity contribution in [3.63, 3.8) is 0 Å². The standard InChI is InChI=1S/C14H17N3O2/c1-11-5-2-6-12(14(18)19)13(11)15-7-3-9-17-10-4-8-16-17/h2,4-6,8,10,15H,3,7,9H2,1H3,(H,18,19). The van der Waals surface area contributed by atoms with Crippen LogP contribution in [0.4, 0.5) is 5.69 Å². The molecule has 2 N–H and O–H groups in total. The maximum Gasteiger partial charge on any atom is 0.337 e. The molecule has 0 radical (unpaired) electrons. The van der Waals surface area contributed by atoms with Crippen LogP contribution in [0.5, 0.6) is 0 Å². The third kappa shape index (κ3) is 3.34. The molecule has 5 heteroatoms. The quantitative estimate of drug-likeness (QED) is 0.782. The molecule has 0 spiro atoms. The smallest absolute Gasteiger partial charge is 0.337 e. The van der Waals surface area contributed by atoms with Gasteiger partial charge in [0.05, 0.1) is 11.3 Å². The molecule has 0 aliphatic heterocycles. The number of nitrogens with one attached hydrogen (secondary N) is 1. The zero-order valence-corrected chi connectivity index (χ0v) is 10.8. The van der Waals surface area contributed by atoms with E-state index in [1.165, 1.54) is 0 Å². The van der Waals surface area contributed by atoms with Gasteiger partial charge in [-0.2, -0.15) is 5.10 Å². The normalized spacial score (nSPS) is 10.4. The summed E-state index contributed by atoms with van der Waals surface area (Å²) in [6.45, 7) is 3.43. The number of rotatable bonds is 6. The molecule has 0 bridgehead atoms. The highest BCUT2D eigenvalue weighted by Gasteiger charge is 2.10. The van der Waals surface area contributed by atoms with Gasteiger partial charge in [0.1, 0.15) is 0 Å². The van der Waals surface area contributed by atoms with Gasteiger partial charge in [0.15, 0.2) is 0 Å². The number of benzene rings is 1. The first kappa shape index (κ1) is 13.1. The highest BCUT2D eigenvalue weighted by atomic mass is 16.4. The average molecular weight is 259 g/mol. The number of aromatic nitrogens is 2. The molecular formula is C14H17N3O2. The van der Waals surface area contributed by atoms with E-state index in [0.29, 0.717) is 17.8 Å². The van der Waals surface area contributed by atoms with Gasteiger partial charge >= 0.3 is 5.97 Å². The van der Waals surface area contributed by atoms with Crippen LogP contribution < -0.4 is 5.32 Å². The van der Waals surface area contributed by atoms with Crippen LogP contribution in [0, 0.1) is 6.92 Å². The molecule has 2 rings (SSSR count). The zero-order chi connectivity index (χ0) is 13.7. The van der Waals surface area contributed by atoms with Crippen LogP contribution in [0.15, 0.2) is 36.7 Å². The number of aryl methyl sites for hydroxylation is 2. The average Bonchev–Trinajstić information content (AvgIpc) is 2.88. The topological polar surface area (TPSA) is 67.2 Å². The maximum absolute atomic E-state index is 11.1. The largest absolute Gasteiger partial charge is 0.478 e. The molecule has 19 heavy (non-hydrogen) atoms. The van der Waals surface area contributed by atoms with Gasteiger partial charge in [0, 0.05) is 25.5 Å². The minimum atomic E-state index is -0.904. The first-order valence-electron chi connectivity index (χ1n) is 6.22. The molecule has 2 aromatic rings. The first-order valence-corrected chi connectivity index (χ1v) is 6.22. The fourth-order valence-corrected chi connectivity index (χ4v) is 1.97. The molecule has 0 saturated heterocycles. The Balaban J connectivity index is 1.93. The summed E-state index contributed by atoms with van der Waals surface area (Å²) in [5, 5.41) is 16.5. The van der Waals surface area contributed by atoms with E-state index in [9.17, 15) is 4.79 Å². The van der Waals surface area contributed by atoms with Crippen molar-refractivity contribution in [3.05, 3.63) is 47.8 Å². The van der Waals surface area contributed by atoms with Crippen LogP contribution in [0.25, 0.3) is 0 Å². The number of carboxylic acid groups (broad SMARTS) is 1. The first-order chi connectivity index (χ1) is 9.18. The van der Waals surface area contributed by atoms with Gasteiger partial charge in [0.25, 0.3) is 0 Å². The second-order valence-electron chi connectivity index (χ2n) is 4.35. The second kappa shape index (κ2) is 6.04. The third-order valence-electron chi connectivity index (χ3n) is 2.93. The Morgan fingerprint density at radius 1 is 1.42 bits per heavy atom. The summed E-state index contributed by atoms with van der Waals surface area (Å²) < 4.78 is 1.86. The van der Waals surface area contributed by atoms with E-state index in [4.69, 9.17) is 5.11 Å². The molecule has 0 amide bonds. The number of hydrogen-bond donors (Lipinski definition) is 2. The number of carboxylic acids is 1. The molecule has 0 saturated carbocycles. The Morgan fingerprint density at radius 3 is 2.95 bits per heavy atom. The lowest BCUT2D eigenvalue weighted by Gasteiger charge is -2.12. The number of hydrogen-bond acceptors (Lipinski definition) is 3. The van der Waals surface area contributed by atoms with Crippen LogP contribution in [0.2, 0.25) is 0 Å². The van der Waals surface area contributed by atoms with Crippen molar-refractivity contribution < 1.29 is 9.90 Å². The van der Waals surface area contributed by atoms with Gasteiger partial charge in [-0.1, -0.05) is 12.1 Å². The van der Waals surface area contributed by atoms with Gasteiger partial charge in [-0.15, -0.1) is 0 Å². The Kier molecular flexibility index (Phi) is 4.18. The predicted molar refractivity (Wildman–Crippen MR) is 73.5 cm³/mol. The van der Waals surface area contributed by atoms with E-state index in [0.717, 1.165) is 18.5 Å². The van der Waals surface area contributed by atoms with E-state index < -0.39 is 5.97 Å². The SMILES string of the molecule is Cc1cccc(C(=O)O)c1NCCCn1cccn1.